The molecule has 0 radical (unpaired) electrons. The number of nitrogens with one attached hydrogen (secondary N) is 1. The van der Waals surface area contributed by atoms with Crippen molar-refractivity contribution in [1.29, 1.82) is 5.26 Å². The van der Waals surface area contributed by atoms with Crippen molar-refractivity contribution in [2.75, 3.05) is 18.5 Å². The van der Waals surface area contributed by atoms with Gasteiger partial charge in [0.15, 0.2) is 11.5 Å². The van der Waals surface area contributed by atoms with Gasteiger partial charge in [-0.25, -0.2) is 0 Å². The monoisotopic (exact) mass is 401 g/mol. The van der Waals surface area contributed by atoms with Crippen LogP contribution in [-0.4, -0.2) is 24.0 Å². The minimum absolute atomic E-state index is 0.0751. The number of hydrogen-bond donors (Lipinski definition) is 1. The van der Waals surface area contributed by atoms with Crippen LogP contribution in [0.15, 0.2) is 60.2 Å². The molecule has 0 unspecified atom stereocenters. The third-order valence-electron chi connectivity index (χ3n) is 4.56. The molecule has 0 atom stereocenters. The lowest BCUT2D eigenvalue weighted by Crippen LogP contribution is -2.18. The summed E-state index contributed by atoms with van der Waals surface area (Å²) in [4.78, 5) is 23.4. The van der Waals surface area contributed by atoms with Gasteiger partial charge in [0, 0.05) is 6.07 Å². The zero-order valence-corrected chi connectivity index (χ0v) is 15.6. The fourth-order valence-corrected chi connectivity index (χ4v) is 3.13. The van der Waals surface area contributed by atoms with E-state index in [1.807, 2.05) is 42.5 Å². The maximum atomic E-state index is 12.7. The first-order valence-electron chi connectivity index (χ1n) is 9.05. The molecule has 3 aromatic carbocycles. The summed E-state index contributed by atoms with van der Waals surface area (Å²) >= 11 is 0. The molecule has 4 rings (SSSR count). The summed E-state index contributed by atoms with van der Waals surface area (Å²) in [7, 11) is 0. The number of fused-ring (bicyclic) bond motifs is 2. The van der Waals surface area contributed by atoms with Crippen molar-refractivity contribution < 1.29 is 19.2 Å². The number of ether oxygens (including phenoxy) is 2. The molecule has 8 heteroatoms. The highest BCUT2D eigenvalue weighted by atomic mass is 16.6. The number of nitro benzene ring substituents is 1. The van der Waals surface area contributed by atoms with Gasteiger partial charge in [-0.3, -0.25) is 14.9 Å². The van der Waals surface area contributed by atoms with E-state index < -0.39 is 10.8 Å². The molecule has 0 bridgehead atoms. The smallest absolute Gasteiger partial charge is 0.296 e. The van der Waals surface area contributed by atoms with Crippen molar-refractivity contribution in [2.24, 2.45) is 0 Å². The second-order valence-corrected chi connectivity index (χ2v) is 6.50. The van der Waals surface area contributed by atoms with E-state index in [1.165, 1.54) is 18.2 Å². The number of amides is 1. The van der Waals surface area contributed by atoms with Gasteiger partial charge in [0.25, 0.3) is 11.6 Å². The summed E-state index contributed by atoms with van der Waals surface area (Å²) in [5, 5.41) is 25.3. The summed E-state index contributed by atoms with van der Waals surface area (Å²) in [5.41, 5.74) is 0.0519. The van der Waals surface area contributed by atoms with E-state index in [4.69, 9.17) is 9.47 Å². The number of nitrogens with zero attached hydrogens (tertiary/aromatic N) is 2. The first-order chi connectivity index (χ1) is 14.5. The van der Waals surface area contributed by atoms with Crippen molar-refractivity contribution in [3.8, 4) is 17.6 Å². The van der Waals surface area contributed by atoms with Crippen molar-refractivity contribution >= 4 is 34.1 Å². The second-order valence-electron chi connectivity index (χ2n) is 6.50. The molecule has 0 aromatic heterocycles. The number of benzene rings is 3. The van der Waals surface area contributed by atoms with Crippen LogP contribution in [0.1, 0.15) is 5.56 Å². The van der Waals surface area contributed by atoms with Gasteiger partial charge < -0.3 is 14.8 Å². The highest BCUT2D eigenvalue weighted by Crippen LogP contribution is 2.39. The van der Waals surface area contributed by atoms with Gasteiger partial charge in [-0.05, 0) is 28.5 Å². The first-order valence-corrected chi connectivity index (χ1v) is 9.05. The highest BCUT2D eigenvalue weighted by molar-refractivity contribution is 6.10. The molecule has 8 nitrogen and oxygen atoms in total. The van der Waals surface area contributed by atoms with Gasteiger partial charge in [-0.15, -0.1) is 0 Å². The van der Waals surface area contributed by atoms with Gasteiger partial charge in [-0.1, -0.05) is 36.4 Å². The molecular weight excluding hydrogens is 386 g/mol. The Morgan fingerprint density at radius 1 is 1.07 bits per heavy atom. The fourth-order valence-electron chi connectivity index (χ4n) is 3.13. The van der Waals surface area contributed by atoms with Gasteiger partial charge in [0.1, 0.15) is 30.5 Å². The van der Waals surface area contributed by atoms with Crippen LogP contribution in [0.25, 0.3) is 16.8 Å². The molecule has 1 N–H and O–H groups in total. The summed E-state index contributed by atoms with van der Waals surface area (Å²) in [6, 6.07) is 17.6. The molecule has 0 saturated carbocycles. The van der Waals surface area contributed by atoms with Crippen LogP contribution in [0.3, 0.4) is 0 Å². The summed E-state index contributed by atoms with van der Waals surface area (Å²) < 4.78 is 10.8. The van der Waals surface area contributed by atoms with E-state index in [-0.39, 0.29) is 29.3 Å². The van der Waals surface area contributed by atoms with Gasteiger partial charge in [0.05, 0.1) is 11.0 Å². The minimum atomic E-state index is -0.759. The number of carbonyl (C=O) groups is 1. The van der Waals surface area contributed by atoms with Gasteiger partial charge >= 0.3 is 0 Å². The van der Waals surface area contributed by atoms with Crippen molar-refractivity contribution in [1.82, 2.24) is 0 Å². The Morgan fingerprint density at radius 3 is 2.47 bits per heavy atom. The third kappa shape index (κ3) is 3.77. The molecule has 0 spiro atoms. The normalized spacial score (nSPS) is 12.8. The zero-order valence-electron chi connectivity index (χ0n) is 15.6. The third-order valence-corrected chi connectivity index (χ3v) is 4.56. The molecule has 0 fully saturated rings. The number of nitriles is 1. The van der Waals surface area contributed by atoms with Crippen LogP contribution in [0, 0.1) is 21.4 Å². The number of carbonyl (C=O) groups excluding carboxylic acids is 1. The average Bonchev–Trinajstić information content (AvgIpc) is 2.76. The molecule has 0 saturated heterocycles. The Kier molecular flexibility index (Phi) is 5.01. The molecule has 30 heavy (non-hydrogen) atoms. The van der Waals surface area contributed by atoms with E-state index in [0.717, 1.165) is 10.8 Å². The van der Waals surface area contributed by atoms with Crippen LogP contribution < -0.4 is 14.8 Å². The lowest BCUT2D eigenvalue weighted by molar-refractivity contribution is -0.384. The van der Waals surface area contributed by atoms with Gasteiger partial charge in [-0.2, -0.15) is 5.26 Å². The molecule has 1 aliphatic rings. The highest BCUT2D eigenvalue weighted by Gasteiger charge is 2.24. The van der Waals surface area contributed by atoms with E-state index in [1.54, 1.807) is 6.07 Å². The average molecular weight is 401 g/mol. The molecule has 1 heterocycles. The summed E-state index contributed by atoms with van der Waals surface area (Å²) in [6.07, 6.45) is 1.44. The van der Waals surface area contributed by atoms with Crippen molar-refractivity contribution in [2.45, 2.75) is 0 Å². The Balaban J connectivity index is 1.65. The van der Waals surface area contributed by atoms with Gasteiger partial charge in [0.2, 0.25) is 0 Å². The molecule has 148 valence electrons. The minimum Gasteiger partial charge on any atom is -0.486 e. The summed E-state index contributed by atoms with van der Waals surface area (Å²) in [5.74, 6) is -0.234. The van der Waals surface area contributed by atoms with Crippen LogP contribution in [0.2, 0.25) is 0 Å². The van der Waals surface area contributed by atoms with Crippen LogP contribution in [-0.2, 0) is 4.79 Å². The predicted octanol–water partition coefficient (Wildman–Crippen LogP) is 4.06. The fraction of sp³-hybridized carbons (Fsp3) is 0.0909. The van der Waals surface area contributed by atoms with E-state index >= 15 is 0 Å². The lowest BCUT2D eigenvalue weighted by Gasteiger charge is -2.19. The van der Waals surface area contributed by atoms with E-state index in [2.05, 4.69) is 5.32 Å². The molecule has 3 aromatic rings. The standard InChI is InChI=1S/C22H15N3O5/c23-13-17(10-14-5-6-15-3-1-2-4-16(15)9-14)22(26)24-18-11-20-21(30-8-7-29-20)12-19(18)25(27)28/h1-6,9-12H,7-8H2,(H,24,26)/b17-10+. The second kappa shape index (κ2) is 7.93. The number of nitro groups is 1. The van der Waals surface area contributed by atoms with E-state index in [0.29, 0.717) is 17.9 Å². The Morgan fingerprint density at radius 2 is 1.77 bits per heavy atom. The summed E-state index contributed by atoms with van der Waals surface area (Å²) in [6.45, 7) is 0.576. The largest absolute Gasteiger partial charge is 0.486 e. The number of rotatable bonds is 4. The maximum Gasteiger partial charge on any atom is 0.296 e. The number of hydrogen-bond acceptors (Lipinski definition) is 6. The Bertz CT molecular complexity index is 1240. The van der Waals surface area contributed by atoms with Crippen LogP contribution >= 0.6 is 0 Å². The van der Waals surface area contributed by atoms with Crippen LogP contribution in [0.4, 0.5) is 11.4 Å². The first kappa shape index (κ1) is 19.0. The molecule has 1 aliphatic heterocycles. The topological polar surface area (TPSA) is 114 Å². The number of anilines is 1. The van der Waals surface area contributed by atoms with Crippen LogP contribution in [0.5, 0.6) is 11.5 Å². The zero-order chi connectivity index (χ0) is 21.1. The van der Waals surface area contributed by atoms with Crippen molar-refractivity contribution in [3.05, 3.63) is 75.8 Å². The Labute approximate surface area is 171 Å². The molecular formula is C22H15N3O5. The predicted molar refractivity (Wildman–Crippen MR) is 110 cm³/mol. The maximum absolute atomic E-state index is 12.7. The molecule has 0 aliphatic carbocycles. The van der Waals surface area contributed by atoms with Crippen molar-refractivity contribution in [3.63, 3.8) is 0 Å². The van der Waals surface area contributed by atoms with E-state index in [9.17, 15) is 20.2 Å². The quantitative estimate of drug-likeness (QED) is 0.305. The molecule has 1 amide bonds. The Hall–Kier alpha value is -4.38. The SMILES string of the molecule is N#C/C(=C\c1ccc2ccccc2c1)C(=O)Nc1cc2c(cc1[N+](=O)[O-])OCCO2. The lowest BCUT2D eigenvalue weighted by atomic mass is 10.0.